The molecule has 1 aliphatic rings. The zero-order chi connectivity index (χ0) is 15.4. The second-order valence-corrected chi connectivity index (χ2v) is 5.22. The Balaban J connectivity index is 2.20. The van der Waals surface area contributed by atoms with E-state index < -0.39 is 12.1 Å². The highest BCUT2D eigenvalue weighted by atomic mass is 35.5. The van der Waals surface area contributed by atoms with E-state index in [2.05, 4.69) is 4.74 Å². The maximum Gasteiger partial charge on any atom is 0.408 e. The summed E-state index contributed by atoms with van der Waals surface area (Å²) in [4.78, 5) is 24.0. The molecule has 0 aromatic heterocycles. The van der Waals surface area contributed by atoms with Gasteiger partial charge in [0.25, 0.3) is 0 Å². The van der Waals surface area contributed by atoms with Gasteiger partial charge in [0.05, 0.1) is 19.2 Å². The van der Waals surface area contributed by atoms with Crippen molar-refractivity contribution in [3.05, 3.63) is 47.0 Å². The summed E-state index contributed by atoms with van der Waals surface area (Å²) in [5.41, 5.74) is 0.899. The molecule has 0 radical (unpaired) electrons. The molecule has 1 aromatic rings. The van der Waals surface area contributed by atoms with Crippen molar-refractivity contribution < 1.29 is 19.4 Å². The second-order valence-electron chi connectivity index (χ2n) is 4.78. The van der Waals surface area contributed by atoms with Gasteiger partial charge in [0, 0.05) is 11.1 Å². The number of carbonyl (C=O) groups excluding carboxylic acids is 1. The monoisotopic (exact) mass is 309 g/mol. The lowest BCUT2D eigenvalue weighted by molar-refractivity contribution is -0.134. The lowest BCUT2D eigenvalue weighted by Gasteiger charge is -2.26. The van der Waals surface area contributed by atoms with E-state index in [0.29, 0.717) is 17.9 Å². The number of methoxy groups -OCH3 is 1. The van der Waals surface area contributed by atoms with Crippen LogP contribution in [0, 0.1) is 0 Å². The Bertz CT molecular complexity index is 555. The summed E-state index contributed by atoms with van der Waals surface area (Å²) < 4.78 is 4.52. The van der Waals surface area contributed by atoms with Crippen LogP contribution in [0.2, 0.25) is 5.02 Å². The Hall–Kier alpha value is -2.01. The minimum absolute atomic E-state index is 0.230. The van der Waals surface area contributed by atoms with Crippen LogP contribution in [0.5, 0.6) is 0 Å². The summed E-state index contributed by atoms with van der Waals surface area (Å²) in [5.74, 6) is -0.490. The first-order valence-corrected chi connectivity index (χ1v) is 6.93. The maximum atomic E-state index is 11.5. The van der Waals surface area contributed by atoms with E-state index >= 15 is 0 Å². The minimum Gasteiger partial charge on any atom is -0.466 e. The molecular formula is C15H16ClNO4. The number of hydrogen-bond donors (Lipinski definition) is 1. The molecule has 0 bridgehead atoms. The van der Waals surface area contributed by atoms with E-state index in [0.717, 1.165) is 5.56 Å². The average molecular weight is 310 g/mol. The molecule has 1 amide bonds. The zero-order valence-electron chi connectivity index (χ0n) is 11.5. The van der Waals surface area contributed by atoms with E-state index in [1.54, 1.807) is 18.2 Å². The number of carbonyl (C=O) groups is 2. The van der Waals surface area contributed by atoms with Crippen molar-refractivity contribution in [2.45, 2.75) is 24.9 Å². The molecule has 0 spiro atoms. The summed E-state index contributed by atoms with van der Waals surface area (Å²) in [6, 6.07) is 6.59. The van der Waals surface area contributed by atoms with Gasteiger partial charge in [-0.25, -0.2) is 9.59 Å². The highest BCUT2D eigenvalue weighted by Gasteiger charge is 2.36. The number of benzene rings is 1. The smallest absolute Gasteiger partial charge is 0.408 e. The van der Waals surface area contributed by atoms with Crippen molar-refractivity contribution in [2.24, 2.45) is 0 Å². The van der Waals surface area contributed by atoms with Crippen LogP contribution >= 0.6 is 11.6 Å². The molecule has 112 valence electrons. The fraction of sp³-hybridized carbons (Fsp3) is 0.333. The van der Waals surface area contributed by atoms with Gasteiger partial charge in [-0.05, 0) is 30.5 Å². The quantitative estimate of drug-likeness (QED) is 0.687. The predicted molar refractivity (Wildman–Crippen MR) is 78.2 cm³/mol. The van der Waals surface area contributed by atoms with Gasteiger partial charge >= 0.3 is 12.1 Å². The molecule has 1 saturated heterocycles. The van der Waals surface area contributed by atoms with Crippen LogP contribution in [0.3, 0.4) is 0 Å². The van der Waals surface area contributed by atoms with Crippen LogP contribution in [0.4, 0.5) is 4.79 Å². The van der Waals surface area contributed by atoms with Crippen LogP contribution in [0.25, 0.3) is 0 Å². The molecule has 21 heavy (non-hydrogen) atoms. The van der Waals surface area contributed by atoms with Gasteiger partial charge in [-0.2, -0.15) is 0 Å². The Kier molecular flexibility index (Phi) is 4.85. The summed E-state index contributed by atoms with van der Waals surface area (Å²) in [5, 5.41) is 10.1. The van der Waals surface area contributed by atoms with E-state index in [1.807, 2.05) is 12.1 Å². The van der Waals surface area contributed by atoms with Crippen LogP contribution in [-0.4, -0.2) is 35.2 Å². The Morgan fingerprint density at radius 3 is 2.57 bits per heavy atom. The molecule has 1 fully saturated rings. The van der Waals surface area contributed by atoms with Gasteiger partial charge in [0.2, 0.25) is 0 Å². The first kappa shape index (κ1) is 15.4. The summed E-state index contributed by atoms with van der Waals surface area (Å²) in [6.07, 6.45) is 3.20. The van der Waals surface area contributed by atoms with Gasteiger partial charge in [-0.1, -0.05) is 29.8 Å². The highest BCUT2D eigenvalue weighted by Crippen LogP contribution is 2.37. The number of hydrogen-bond acceptors (Lipinski definition) is 3. The molecule has 0 unspecified atom stereocenters. The largest absolute Gasteiger partial charge is 0.466 e. The Morgan fingerprint density at radius 2 is 2.00 bits per heavy atom. The van der Waals surface area contributed by atoms with E-state index in [9.17, 15) is 14.7 Å². The molecule has 5 nitrogen and oxygen atoms in total. The van der Waals surface area contributed by atoms with Crippen molar-refractivity contribution in [3.63, 3.8) is 0 Å². The summed E-state index contributed by atoms with van der Waals surface area (Å²) in [6.45, 7) is 0. The third-order valence-electron chi connectivity index (χ3n) is 3.56. The van der Waals surface area contributed by atoms with Gasteiger partial charge in [-0.15, -0.1) is 0 Å². The molecule has 2 atom stereocenters. The number of ether oxygens (including phenoxy) is 1. The average Bonchev–Trinajstić information content (AvgIpc) is 2.89. The van der Waals surface area contributed by atoms with E-state index in [4.69, 9.17) is 11.6 Å². The van der Waals surface area contributed by atoms with Crippen LogP contribution in [0.15, 0.2) is 36.4 Å². The van der Waals surface area contributed by atoms with Gasteiger partial charge < -0.3 is 9.84 Å². The lowest BCUT2D eigenvalue weighted by Crippen LogP contribution is -2.35. The first-order valence-electron chi connectivity index (χ1n) is 6.56. The molecule has 6 heteroatoms. The molecule has 1 heterocycles. The molecule has 0 saturated carbocycles. The Morgan fingerprint density at radius 1 is 1.33 bits per heavy atom. The first-order chi connectivity index (χ1) is 10.0. The Labute approximate surface area is 127 Å². The highest BCUT2D eigenvalue weighted by molar-refractivity contribution is 6.30. The van der Waals surface area contributed by atoms with Crippen LogP contribution in [0.1, 0.15) is 24.4 Å². The number of esters is 1. The second kappa shape index (κ2) is 6.63. The standard InChI is InChI=1S/C15H16ClNO4/c1-21-14(18)9-7-12-6-8-13(17(12)15(19)20)10-2-4-11(16)5-3-10/h2-5,7,9,12-13H,6,8H2,1H3,(H,19,20)/b9-7+/t12-,13+/m1/s1. The molecule has 1 aliphatic heterocycles. The minimum atomic E-state index is -1.01. The van der Waals surface area contributed by atoms with Crippen molar-refractivity contribution >= 4 is 23.7 Å². The van der Waals surface area contributed by atoms with Gasteiger partial charge in [0.1, 0.15) is 0 Å². The third kappa shape index (κ3) is 3.55. The zero-order valence-corrected chi connectivity index (χ0v) is 12.3. The fourth-order valence-corrected chi connectivity index (χ4v) is 2.70. The predicted octanol–water partition coefficient (Wildman–Crippen LogP) is 3.25. The summed E-state index contributed by atoms with van der Waals surface area (Å²) in [7, 11) is 1.28. The lowest BCUT2D eigenvalue weighted by atomic mass is 10.1. The molecule has 0 aliphatic carbocycles. The van der Waals surface area contributed by atoms with Crippen molar-refractivity contribution in [1.82, 2.24) is 4.90 Å². The number of nitrogens with zero attached hydrogens (tertiary/aromatic N) is 1. The third-order valence-corrected chi connectivity index (χ3v) is 3.81. The van der Waals surface area contributed by atoms with Gasteiger partial charge in [-0.3, -0.25) is 4.90 Å². The van der Waals surface area contributed by atoms with E-state index in [-0.39, 0.29) is 12.1 Å². The number of carboxylic acid groups (broad SMARTS) is 1. The topological polar surface area (TPSA) is 66.8 Å². The molecular weight excluding hydrogens is 294 g/mol. The fourth-order valence-electron chi connectivity index (χ4n) is 2.57. The van der Waals surface area contributed by atoms with Crippen molar-refractivity contribution in [1.29, 1.82) is 0 Å². The van der Waals surface area contributed by atoms with Crippen molar-refractivity contribution in [3.8, 4) is 0 Å². The van der Waals surface area contributed by atoms with Crippen molar-refractivity contribution in [2.75, 3.05) is 7.11 Å². The van der Waals surface area contributed by atoms with Crippen LogP contribution in [-0.2, 0) is 9.53 Å². The molecule has 2 rings (SSSR count). The maximum absolute atomic E-state index is 11.5. The molecule has 1 aromatic carbocycles. The number of likely N-dealkylation sites (tertiary alicyclic amines) is 1. The number of halogens is 1. The van der Waals surface area contributed by atoms with Gasteiger partial charge in [0.15, 0.2) is 0 Å². The normalized spacial score (nSPS) is 21.7. The summed E-state index contributed by atoms with van der Waals surface area (Å²) >= 11 is 5.85. The molecule has 1 N–H and O–H groups in total. The number of rotatable bonds is 3. The number of amides is 1. The van der Waals surface area contributed by atoms with E-state index in [1.165, 1.54) is 18.1 Å². The van der Waals surface area contributed by atoms with Crippen LogP contribution < -0.4 is 0 Å². The SMILES string of the molecule is COC(=O)/C=C/[C@H]1CC[C@@H](c2ccc(Cl)cc2)N1C(=O)O.